The van der Waals surface area contributed by atoms with Gasteiger partial charge in [-0.1, -0.05) is 67.3 Å². The second-order valence-corrected chi connectivity index (χ2v) is 9.35. The Kier molecular flexibility index (Phi) is 5.11. The Labute approximate surface area is 178 Å². The number of benzene rings is 2. The average Bonchev–Trinajstić information content (AvgIpc) is 3.55. The van der Waals surface area contributed by atoms with Crippen LogP contribution in [0, 0.1) is 0 Å². The molecule has 4 nitrogen and oxygen atoms in total. The summed E-state index contributed by atoms with van der Waals surface area (Å²) in [5.74, 6) is 1.95. The molecule has 2 aromatic carbocycles. The standard InChI is InChI=1S/C25H24N4S/c1-18(30-13-7-8-14-30)28-23(15-20-16-26-22-12-6-5-11-21(20)22)25-27-17-24(29-25)19-9-3-2-4-10-19/h2-13,16-17,23,26,28H,1,14-15H2,(H,27,29)/t23-,30?/m1/s1. The number of fused-ring (bicyclic) bond motifs is 1. The Balaban J connectivity index is 1.46. The van der Waals surface area contributed by atoms with Crippen molar-refractivity contribution in [3.63, 3.8) is 0 Å². The van der Waals surface area contributed by atoms with Crippen LogP contribution in [0.2, 0.25) is 0 Å². The first-order valence-electron chi connectivity index (χ1n) is 10.1. The van der Waals surface area contributed by atoms with E-state index < -0.39 is 0 Å². The van der Waals surface area contributed by atoms with Crippen molar-refractivity contribution in [2.45, 2.75) is 12.5 Å². The molecular formula is C25H24N4S. The number of nitrogens with zero attached hydrogens (tertiary/aromatic N) is 1. The van der Waals surface area contributed by atoms with Crippen LogP contribution in [-0.4, -0.2) is 26.1 Å². The molecule has 0 bridgehead atoms. The zero-order valence-electron chi connectivity index (χ0n) is 16.6. The minimum absolute atomic E-state index is 0.00988. The molecule has 1 aliphatic rings. The van der Waals surface area contributed by atoms with Crippen LogP contribution in [0.25, 0.3) is 22.2 Å². The predicted octanol–water partition coefficient (Wildman–Crippen LogP) is 5.54. The monoisotopic (exact) mass is 412 g/mol. The highest BCUT2D eigenvalue weighted by Gasteiger charge is 2.20. The van der Waals surface area contributed by atoms with Crippen molar-refractivity contribution in [1.82, 2.24) is 20.3 Å². The fourth-order valence-corrected chi connectivity index (χ4v) is 5.22. The highest BCUT2D eigenvalue weighted by Crippen LogP contribution is 2.30. The first-order chi connectivity index (χ1) is 14.8. The van der Waals surface area contributed by atoms with E-state index in [1.165, 1.54) is 10.9 Å². The molecule has 2 atom stereocenters. The Bertz CT molecular complexity index is 1250. The SMILES string of the molecule is C=C(N[C@H](Cc1c[nH]c2ccccc12)c1ncc(-c2ccccc2)[nH]1)S1=CC=CC1. The van der Waals surface area contributed by atoms with Gasteiger partial charge in [-0.05, 0) is 22.6 Å². The van der Waals surface area contributed by atoms with E-state index in [4.69, 9.17) is 4.98 Å². The van der Waals surface area contributed by atoms with Gasteiger partial charge in [0.2, 0.25) is 0 Å². The minimum Gasteiger partial charge on any atom is -0.370 e. The zero-order chi connectivity index (χ0) is 20.3. The lowest BCUT2D eigenvalue weighted by atomic mass is 10.0. The van der Waals surface area contributed by atoms with Crippen molar-refractivity contribution in [2.24, 2.45) is 0 Å². The fourth-order valence-electron chi connectivity index (χ4n) is 3.83. The number of aromatic amines is 2. The van der Waals surface area contributed by atoms with Crippen LogP contribution in [0.4, 0.5) is 0 Å². The molecule has 3 heterocycles. The third-order valence-corrected chi connectivity index (χ3v) is 7.20. The number of rotatable bonds is 7. The lowest BCUT2D eigenvalue weighted by molar-refractivity contribution is 0.585. The Morgan fingerprint density at radius 2 is 1.97 bits per heavy atom. The molecule has 5 heteroatoms. The number of allylic oxidation sites excluding steroid dienone is 1. The predicted molar refractivity (Wildman–Crippen MR) is 129 cm³/mol. The van der Waals surface area contributed by atoms with Crippen LogP contribution in [0.1, 0.15) is 17.4 Å². The molecular weight excluding hydrogens is 388 g/mol. The molecule has 0 fully saturated rings. The summed E-state index contributed by atoms with van der Waals surface area (Å²) in [5.41, 5.74) is 4.59. The van der Waals surface area contributed by atoms with Crippen LogP contribution in [-0.2, 0) is 6.42 Å². The van der Waals surface area contributed by atoms with Crippen molar-refractivity contribution >= 4 is 26.8 Å². The number of H-pyrrole nitrogens is 2. The second-order valence-electron chi connectivity index (χ2n) is 7.39. The van der Waals surface area contributed by atoms with Gasteiger partial charge in [-0.15, -0.1) is 10.5 Å². The van der Waals surface area contributed by atoms with Crippen molar-refractivity contribution in [2.75, 3.05) is 5.75 Å². The molecule has 0 saturated carbocycles. The molecule has 1 aliphatic heterocycles. The van der Waals surface area contributed by atoms with Crippen molar-refractivity contribution in [1.29, 1.82) is 0 Å². The van der Waals surface area contributed by atoms with E-state index >= 15 is 0 Å². The van der Waals surface area contributed by atoms with Gasteiger partial charge in [0.1, 0.15) is 5.82 Å². The smallest absolute Gasteiger partial charge is 0.129 e. The number of imidazole rings is 1. The largest absolute Gasteiger partial charge is 0.370 e. The van der Waals surface area contributed by atoms with Crippen molar-refractivity contribution in [3.8, 4) is 11.3 Å². The molecule has 150 valence electrons. The number of para-hydroxylation sites is 1. The molecule has 3 N–H and O–H groups in total. The van der Waals surface area contributed by atoms with E-state index in [0.29, 0.717) is 0 Å². The van der Waals surface area contributed by atoms with Gasteiger partial charge >= 0.3 is 0 Å². The van der Waals surface area contributed by atoms with Crippen LogP contribution >= 0.6 is 10.5 Å². The van der Waals surface area contributed by atoms with Crippen LogP contribution < -0.4 is 5.32 Å². The highest BCUT2D eigenvalue weighted by molar-refractivity contribution is 8.18. The molecule has 4 aromatic rings. The maximum atomic E-state index is 4.74. The van der Waals surface area contributed by atoms with Gasteiger partial charge < -0.3 is 15.3 Å². The molecule has 0 aliphatic carbocycles. The summed E-state index contributed by atoms with van der Waals surface area (Å²) < 4.78 is 0. The van der Waals surface area contributed by atoms with Crippen LogP contribution in [0.5, 0.6) is 0 Å². The summed E-state index contributed by atoms with van der Waals surface area (Å²) >= 11 is 0. The second kappa shape index (κ2) is 8.20. The summed E-state index contributed by atoms with van der Waals surface area (Å²) in [6.07, 6.45) is 9.17. The van der Waals surface area contributed by atoms with E-state index in [1.807, 2.05) is 24.4 Å². The van der Waals surface area contributed by atoms with E-state index in [1.54, 1.807) is 0 Å². The zero-order valence-corrected chi connectivity index (χ0v) is 17.5. The van der Waals surface area contributed by atoms with E-state index in [-0.39, 0.29) is 16.5 Å². The molecule has 30 heavy (non-hydrogen) atoms. The molecule has 0 spiro atoms. The lowest BCUT2D eigenvalue weighted by Gasteiger charge is -2.21. The quantitative estimate of drug-likeness (QED) is 0.349. The molecule has 1 unspecified atom stereocenters. The van der Waals surface area contributed by atoms with Gasteiger partial charge in [0.05, 0.1) is 23.0 Å². The lowest BCUT2D eigenvalue weighted by Crippen LogP contribution is -2.23. The minimum atomic E-state index is 0.00988. The molecule has 2 aromatic heterocycles. The Morgan fingerprint density at radius 3 is 2.80 bits per heavy atom. The van der Waals surface area contributed by atoms with Gasteiger partial charge in [-0.2, -0.15) is 0 Å². The topological polar surface area (TPSA) is 56.5 Å². The van der Waals surface area contributed by atoms with Gasteiger partial charge in [0, 0.05) is 29.3 Å². The molecule has 0 radical (unpaired) electrons. The highest BCUT2D eigenvalue weighted by atomic mass is 32.2. The van der Waals surface area contributed by atoms with Crippen molar-refractivity contribution in [3.05, 3.63) is 102 Å². The van der Waals surface area contributed by atoms with Crippen molar-refractivity contribution < 1.29 is 0 Å². The van der Waals surface area contributed by atoms with Gasteiger partial charge in [0.25, 0.3) is 0 Å². The van der Waals surface area contributed by atoms with Gasteiger partial charge in [0.15, 0.2) is 0 Å². The van der Waals surface area contributed by atoms with E-state index in [9.17, 15) is 0 Å². The molecule has 0 saturated heterocycles. The Hall–Kier alpha value is -3.31. The Morgan fingerprint density at radius 1 is 1.13 bits per heavy atom. The summed E-state index contributed by atoms with van der Waals surface area (Å²) in [5, 5.41) is 8.22. The normalized spacial score (nSPS) is 16.5. The van der Waals surface area contributed by atoms with E-state index in [0.717, 1.165) is 39.8 Å². The van der Waals surface area contributed by atoms with Crippen LogP contribution in [0.3, 0.4) is 0 Å². The van der Waals surface area contributed by atoms with Crippen LogP contribution in [0.15, 0.2) is 90.8 Å². The third kappa shape index (κ3) is 3.76. The number of hydrogen-bond acceptors (Lipinski definition) is 2. The number of hydrogen-bond donors (Lipinski definition) is 3. The molecule has 0 amide bonds. The maximum Gasteiger partial charge on any atom is 0.129 e. The third-order valence-electron chi connectivity index (χ3n) is 5.42. The first kappa shape index (κ1) is 18.7. The summed E-state index contributed by atoms with van der Waals surface area (Å²) in [7, 11) is 0.0378. The fraction of sp³-hybridized carbons (Fsp3) is 0.120. The molecule has 5 rings (SSSR count). The number of aromatic nitrogens is 3. The summed E-state index contributed by atoms with van der Waals surface area (Å²) in [6.45, 7) is 4.34. The summed E-state index contributed by atoms with van der Waals surface area (Å²) in [6, 6.07) is 18.7. The first-order valence-corrected chi connectivity index (χ1v) is 11.5. The van der Waals surface area contributed by atoms with E-state index in [2.05, 4.69) is 82.0 Å². The number of nitrogens with one attached hydrogen (secondary N) is 3. The average molecular weight is 413 g/mol. The van der Waals surface area contributed by atoms with Gasteiger partial charge in [-0.3, -0.25) is 0 Å². The summed E-state index contributed by atoms with van der Waals surface area (Å²) in [4.78, 5) is 11.7. The maximum absolute atomic E-state index is 4.74. The van der Waals surface area contributed by atoms with Gasteiger partial charge in [-0.25, -0.2) is 4.98 Å².